The lowest BCUT2D eigenvalue weighted by Gasteiger charge is -2.09. The highest BCUT2D eigenvalue weighted by Gasteiger charge is 2.20. The van der Waals surface area contributed by atoms with E-state index in [2.05, 4.69) is 15.4 Å². The molecule has 0 aliphatic carbocycles. The topological polar surface area (TPSA) is 86.1 Å². The molecule has 0 saturated heterocycles. The molecular formula is C15H20N4O3. The highest BCUT2D eigenvalue weighted by atomic mass is 16.5. The van der Waals surface area contributed by atoms with E-state index in [0.717, 1.165) is 0 Å². The Bertz CT molecular complexity index is 734. The van der Waals surface area contributed by atoms with Crippen molar-refractivity contribution < 1.29 is 14.3 Å². The molecule has 0 aromatic carbocycles. The number of nitrogens with one attached hydrogen (secondary N) is 1. The zero-order chi connectivity index (χ0) is 16.4. The third-order valence-corrected chi connectivity index (χ3v) is 3.15. The van der Waals surface area contributed by atoms with Crippen molar-refractivity contribution in [3.05, 3.63) is 23.0 Å². The van der Waals surface area contributed by atoms with Crippen molar-refractivity contribution in [2.45, 2.75) is 40.3 Å². The Morgan fingerprint density at radius 2 is 2.05 bits per heavy atom. The highest BCUT2D eigenvalue weighted by molar-refractivity contribution is 6.04. The number of amides is 1. The minimum atomic E-state index is -0.440. The summed E-state index contributed by atoms with van der Waals surface area (Å²) in [4.78, 5) is 28.3. The first-order valence-corrected chi connectivity index (χ1v) is 7.06. The molecule has 0 fully saturated rings. The normalized spacial score (nSPS) is 11.0. The number of pyridine rings is 1. The minimum absolute atomic E-state index is 0.0516. The second kappa shape index (κ2) is 6.13. The molecule has 0 spiro atoms. The van der Waals surface area contributed by atoms with Crippen molar-refractivity contribution in [3.63, 3.8) is 0 Å². The first-order valence-electron chi connectivity index (χ1n) is 7.06. The Morgan fingerprint density at radius 1 is 1.36 bits per heavy atom. The summed E-state index contributed by atoms with van der Waals surface area (Å²) in [5.41, 5.74) is 2.23. The average Bonchev–Trinajstić information content (AvgIpc) is 2.72. The van der Waals surface area contributed by atoms with E-state index in [1.165, 1.54) is 11.8 Å². The van der Waals surface area contributed by atoms with Gasteiger partial charge in [-0.3, -0.25) is 4.79 Å². The van der Waals surface area contributed by atoms with Gasteiger partial charge in [-0.15, -0.1) is 0 Å². The maximum Gasteiger partial charge on any atom is 0.338 e. The van der Waals surface area contributed by atoms with Crippen LogP contribution in [0.2, 0.25) is 0 Å². The van der Waals surface area contributed by atoms with Crippen LogP contribution >= 0.6 is 0 Å². The van der Waals surface area contributed by atoms with Crippen molar-refractivity contribution in [2.75, 3.05) is 7.11 Å². The number of hydrogen-bond acceptors (Lipinski definition) is 5. The van der Waals surface area contributed by atoms with E-state index in [-0.39, 0.29) is 18.5 Å². The number of rotatable bonds is 4. The van der Waals surface area contributed by atoms with E-state index in [0.29, 0.717) is 28.0 Å². The summed E-state index contributed by atoms with van der Waals surface area (Å²) in [5, 5.41) is 7.77. The summed E-state index contributed by atoms with van der Waals surface area (Å²) in [5.74, 6) is -0.591. The predicted molar refractivity (Wildman–Crippen MR) is 81.6 cm³/mol. The number of aryl methyl sites for hydroxylation is 2. The molecule has 0 aliphatic rings. The lowest BCUT2D eigenvalue weighted by Crippen LogP contribution is -2.33. The van der Waals surface area contributed by atoms with Gasteiger partial charge in [-0.1, -0.05) is 0 Å². The second-order valence-corrected chi connectivity index (χ2v) is 5.47. The fraction of sp³-hybridized carbons (Fsp3) is 0.467. The van der Waals surface area contributed by atoms with Crippen LogP contribution in [0.1, 0.15) is 35.6 Å². The van der Waals surface area contributed by atoms with Gasteiger partial charge in [0.05, 0.1) is 23.8 Å². The van der Waals surface area contributed by atoms with Gasteiger partial charge in [-0.05, 0) is 33.8 Å². The number of esters is 1. The number of hydrogen-bond donors (Lipinski definition) is 1. The Morgan fingerprint density at radius 3 is 2.64 bits per heavy atom. The van der Waals surface area contributed by atoms with Gasteiger partial charge in [0.25, 0.3) is 0 Å². The number of ether oxygens (including phenoxy) is 1. The average molecular weight is 304 g/mol. The Balaban J connectivity index is 2.52. The highest BCUT2D eigenvalue weighted by Crippen LogP contribution is 2.22. The molecular weight excluding hydrogens is 284 g/mol. The van der Waals surface area contributed by atoms with Crippen molar-refractivity contribution in [3.8, 4) is 0 Å². The molecule has 2 aromatic rings. The standard InChI is InChI=1S/C15H20N4O3/c1-8(2)16-12(20)7-19-14-13(10(4)18-19)11(15(21)22-5)6-9(3)17-14/h6,8H,7H2,1-5H3,(H,16,20). The van der Waals surface area contributed by atoms with Crippen LogP contribution in [-0.4, -0.2) is 39.8 Å². The molecule has 1 amide bonds. The molecule has 0 bridgehead atoms. The van der Waals surface area contributed by atoms with Gasteiger partial charge in [0.2, 0.25) is 5.91 Å². The second-order valence-electron chi connectivity index (χ2n) is 5.47. The SMILES string of the molecule is COC(=O)c1cc(C)nc2c1c(C)nn2CC(=O)NC(C)C. The maximum atomic E-state index is 11.9. The fourth-order valence-corrected chi connectivity index (χ4v) is 2.36. The fourth-order valence-electron chi connectivity index (χ4n) is 2.36. The van der Waals surface area contributed by atoms with Gasteiger partial charge in [-0.25, -0.2) is 14.5 Å². The number of carbonyl (C=O) groups excluding carboxylic acids is 2. The van der Waals surface area contributed by atoms with Crippen LogP contribution in [0.15, 0.2) is 6.07 Å². The van der Waals surface area contributed by atoms with E-state index in [4.69, 9.17) is 4.74 Å². The molecule has 7 nitrogen and oxygen atoms in total. The predicted octanol–water partition coefficient (Wildman–Crippen LogP) is 1.36. The molecule has 2 aromatic heterocycles. The molecule has 2 rings (SSSR count). The molecule has 1 N–H and O–H groups in total. The summed E-state index contributed by atoms with van der Waals surface area (Å²) in [6.45, 7) is 7.40. The van der Waals surface area contributed by atoms with Gasteiger partial charge in [0, 0.05) is 11.7 Å². The van der Waals surface area contributed by atoms with Gasteiger partial charge in [0.15, 0.2) is 5.65 Å². The van der Waals surface area contributed by atoms with Crippen molar-refractivity contribution in [1.29, 1.82) is 0 Å². The van der Waals surface area contributed by atoms with E-state index < -0.39 is 5.97 Å². The third kappa shape index (κ3) is 3.08. The van der Waals surface area contributed by atoms with Crippen LogP contribution in [-0.2, 0) is 16.1 Å². The van der Waals surface area contributed by atoms with Crippen LogP contribution in [0.25, 0.3) is 11.0 Å². The molecule has 0 radical (unpaired) electrons. The number of carbonyl (C=O) groups is 2. The van der Waals surface area contributed by atoms with E-state index in [9.17, 15) is 9.59 Å². The summed E-state index contributed by atoms with van der Waals surface area (Å²) >= 11 is 0. The van der Waals surface area contributed by atoms with Crippen molar-refractivity contribution in [2.24, 2.45) is 0 Å². The first kappa shape index (κ1) is 15.9. The van der Waals surface area contributed by atoms with Gasteiger partial charge in [0.1, 0.15) is 6.54 Å². The quantitative estimate of drug-likeness (QED) is 0.862. The monoisotopic (exact) mass is 304 g/mol. The Hall–Kier alpha value is -2.44. The van der Waals surface area contributed by atoms with Crippen LogP contribution in [0.5, 0.6) is 0 Å². The van der Waals surface area contributed by atoms with E-state index in [1.54, 1.807) is 19.9 Å². The van der Waals surface area contributed by atoms with Gasteiger partial charge >= 0.3 is 5.97 Å². The first-order chi connectivity index (χ1) is 10.3. The van der Waals surface area contributed by atoms with Crippen LogP contribution in [0.4, 0.5) is 0 Å². The smallest absolute Gasteiger partial charge is 0.338 e. The zero-order valence-corrected chi connectivity index (χ0v) is 13.4. The number of aromatic nitrogens is 3. The Kier molecular flexibility index (Phi) is 4.44. The minimum Gasteiger partial charge on any atom is -0.465 e. The van der Waals surface area contributed by atoms with Gasteiger partial charge in [-0.2, -0.15) is 5.10 Å². The maximum absolute atomic E-state index is 11.9. The molecule has 2 heterocycles. The van der Waals surface area contributed by atoms with Crippen LogP contribution < -0.4 is 5.32 Å². The van der Waals surface area contributed by atoms with Gasteiger partial charge < -0.3 is 10.1 Å². The van der Waals surface area contributed by atoms with E-state index >= 15 is 0 Å². The molecule has 0 aliphatic heterocycles. The van der Waals surface area contributed by atoms with Crippen molar-refractivity contribution >= 4 is 22.9 Å². The number of fused-ring (bicyclic) bond motifs is 1. The van der Waals surface area contributed by atoms with Crippen molar-refractivity contribution in [1.82, 2.24) is 20.1 Å². The number of methoxy groups -OCH3 is 1. The molecule has 7 heteroatoms. The largest absolute Gasteiger partial charge is 0.465 e. The summed E-state index contributed by atoms with van der Waals surface area (Å²) in [7, 11) is 1.33. The van der Waals surface area contributed by atoms with E-state index in [1.807, 2.05) is 13.8 Å². The van der Waals surface area contributed by atoms with Crippen LogP contribution in [0, 0.1) is 13.8 Å². The molecule has 22 heavy (non-hydrogen) atoms. The molecule has 0 saturated carbocycles. The lowest BCUT2D eigenvalue weighted by atomic mass is 10.1. The summed E-state index contributed by atoms with van der Waals surface area (Å²) < 4.78 is 6.33. The van der Waals surface area contributed by atoms with Crippen LogP contribution in [0.3, 0.4) is 0 Å². The summed E-state index contributed by atoms with van der Waals surface area (Å²) in [6.07, 6.45) is 0. The lowest BCUT2D eigenvalue weighted by molar-refractivity contribution is -0.122. The third-order valence-electron chi connectivity index (χ3n) is 3.15. The molecule has 0 unspecified atom stereocenters. The number of nitrogens with zero attached hydrogens (tertiary/aromatic N) is 3. The summed E-state index contributed by atoms with van der Waals surface area (Å²) in [6, 6.07) is 1.72. The molecule has 118 valence electrons. The zero-order valence-electron chi connectivity index (χ0n) is 13.4. The molecule has 0 atom stereocenters. The Labute approximate surface area is 128 Å².